The summed E-state index contributed by atoms with van der Waals surface area (Å²) in [6.45, 7) is 0. The summed E-state index contributed by atoms with van der Waals surface area (Å²) in [6, 6.07) is 0. The molecule has 0 fully saturated rings. The van der Waals surface area contributed by atoms with Gasteiger partial charge in [0.2, 0.25) is 0 Å². The molecule has 0 unspecified atom stereocenters. The molecule has 0 heterocycles. The summed E-state index contributed by atoms with van der Waals surface area (Å²) in [6.07, 6.45) is 0. The standard InChI is InChI=1S/Al.NO2.O/c;2-1-3;/q+2;;-2. The Morgan fingerprint density at radius 3 is 1.80 bits per heavy atom. The maximum Gasteiger partial charge on any atom is -2.00 e. The molecule has 0 radical (unpaired) electrons. The number of hydrogen-bond donors (Lipinski definition) is 0. The summed E-state index contributed by atoms with van der Waals surface area (Å²) in [5.41, 5.74) is 0. The van der Waals surface area contributed by atoms with Gasteiger partial charge in [0, 0.05) is 0 Å². The summed E-state index contributed by atoms with van der Waals surface area (Å²) in [4.78, 5) is 8.77. The van der Waals surface area contributed by atoms with E-state index in [-0.39, 0.29) is 5.48 Å². The average Bonchev–Trinajstić information content (AvgIpc) is 0.811. The molecule has 0 saturated carbocycles. The topological polar surface area (TPSA) is 71.6 Å². The van der Waals surface area contributed by atoms with Crippen LogP contribution in [0, 0.1) is 10.1 Å². The van der Waals surface area contributed by atoms with Gasteiger partial charge in [-0.05, 0) is 0 Å². The number of hydrogen-bond acceptors (Lipinski definition) is 2. The van der Waals surface area contributed by atoms with Gasteiger partial charge in [-0.1, -0.05) is 0 Å². The second kappa shape index (κ2) is 3.89. The molecule has 0 aromatic heterocycles. The molecule has 0 aliphatic carbocycles. The predicted octanol–water partition coefficient (Wildman–Crippen LogP) is -0.772. The van der Waals surface area contributed by atoms with E-state index in [1.54, 1.807) is 0 Å². The Kier molecular flexibility index (Phi) is 6.90. The average molecular weight is 89.0 g/mol. The van der Waals surface area contributed by atoms with E-state index in [0.717, 1.165) is 0 Å². The van der Waals surface area contributed by atoms with Gasteiger partial charge in [0.1, 0.15) is 0 Å². The normalized spacial score (nSPS) is 5.20. The van der Waals surface area contributed by atoms with Crippen LogP contribution in [0.15, 0.2) is 0 Å². The summed E-state index contributed by atoms with van der Waals surface area (Å²) >= 11 is 1.38. The van der Waals surface area contributed by atoms with E-state index in [2.05, 4.69) is 0 Å². The van der Waals surface area contributed by atoms with Gasteiger partial charge in [0.25, 0.3) is 0 Å². The molecular formula is AlNO3. The van der Waals surface area contributed by atoms with Crippen LogP contribution in [0.1, 0.15) is 0 Å². The van der Waals surface area contributed by atoms with Crippen molar-refractivity contribution < 1.29 is 9.38 Å². The maximum atomic E-state index is 8.77. The molecule has 0 amide bonds. The van der Waals surface area contributed by atoms with E-state index in [9.17, 15) is 0 Å². The Labute approximate surface area is 36.9 Å². The van der Waals surface area contributed by atoms with Gasteiger partial charge in [0.05, 0.1) is 0 Å². The molecule has 0 rings (SSSR count). The van der Waals surface area contributed by atoms with Crippen LogP contribution in [-0.2, 0) is 5.48 Å². The first-order valence-electron chi connectivity index (χ1n) is 0.623. The fourth-order valence-corrected chi connectivity index (χ4v) is 0. The summed E-state index contributed by atoms with van der Waals surface area (Å²) in [7, 11) is 0. The summed E-state index contributed by atoms with van der Waals surface area (Å²) < 4.78 is -0.583. The summed E-state index contributed by atoms with van der Waals surface area (Å²) in [5, 5.41) is 8.77. The van der Waals surface area contributed by atoms with Gasteiger partial charge < -0.3 is 5.48 Å². The van der Waals surface area contributed by atoms with Gasteiger partial charge in [-0.2, -0.15) is 0 Å². The van der Waals surface area contributed by atoms with Crippen LogP contribution in [0.5, 0.6) is 0 Å². The Morgan fingerprint density at radius 2 is 1.80 bits per heavy atom. The van der Waals surface area contributed by atoms with Crippen LogP contribution in [0.2, 0.25) is 0 Å². The smallest absolute Gasteiger partial charge is 2.00 e. The molecule has 0 saturated heterocycles. The van der Waals surface area contributed by atoms with Crippen molar-refractivity contribution in [3.63, 3.8) is 0 Å². The van der Waals surface area contributed by atoms with Gasteiger partial charge >= 0.3 is 30.5 Å². The molecule has 0 aliphatic heterocycles. The molecule has 5 heteroatoms. The van der Waals surface area contributed by atoms with Crippen LogP contribution in [-0.4, -0.2) is 20.4 Å². The third kappa shape index (κ3) is 1210. The quantitative estimate of drug-likeness (QED) is 0.222. The van der Waals surface area contributed by atoms with Crippen molar-refractivity contribution in [1.29, 1.82) is 0 Å². The van der Waals surface area contributed by atoms with Gasteiger partial charge in [-0.25, -0.2) is 0 Å². The third-order valence-corrected chi connectivity index (χ3v) is 0. The van der Waals surface area contributed by atoms with Crippen molar-refractivity contribution >= 4 is 16.5 Å². The molecule has 4 nitrogen and oxygen atoms in total. The molecule has 0 aromatic carbocycles. The van der Waals surface area contributed by atoms with Gasteiger partial charge in [-0.3, -0.25) is 0 Å². The fourth-order valence-electron chi connectivity index (χ4n) is 0. The van der Waals surface area contributed by atoms with Crippen LogP contribution in [0.4, 0.5) is 0 Å². The van der Waals surface area contributed by atoms with E-state index < -0.39 is 3.91 Å². The molecule has 0 atom stereocenters. The number of nitro groups is 1. The minimum absolute atomic E-state index is 0. The van der Waals surface area contributed by atoms with Crippen molar-refractivity contribution in [2.75, 3.05) is 0 Å². The van der Waals surface area contributed by atoms with E-state index in [0.29, 0.717) is 0 Å². The van der Waals surface area contributed by atoms with Crippen LogP contribution >= 0.6 is 0 Å². The minimum atomic E-state index is -0.583. The minimum Gasteiger partial charge on any atom is -2.00 e. The van der Waals surface area contributed by atoms with Gasteiger partial charge in [-0.15, -0.1) is 0 Å². The SMILES string of the molecule is O=[N+]([O-])[Al+2].[O-2]. The Hall–Kier alpha value is -0.108. The van der Waals surface area contributed by atoms with E-state index in [4.69, 9.17) is 10.1 Å². The maximum absolute atomic E-state index is 8.77. The molecule has 0 bridgehead atoms. The van der Waals surface area contributed by atoms with Crippen LogP contribution in [0.25, 0.3) is 0 Å². The van der Waals surface area contributed by atoms with E-state index in [1.807, 2.05) is 0 Å². The molecular weight excluding hydrogens is 89.0 g/mol. The first kappa shape index (κ1) is 8.86. The molecule has 5 heavy (non-hydrogen) atoms. The zero-order chi connectivity index (χ0) is 3.58. The second-order valence-electron chi connectivity index (χ2n) is 0.285. The van der Waals surface area contributed by atoms with E-state index in [1.165, 1.54) is 16.5 Å². The monoisotopic (exact) mass is 89.0 g/mol. The Morgan fingerprint density at radius 1 is 1.80 bits per heavy atom. The first-order valence-corrected chi connectivity index (χ1v) is 1.14. The van der Waals surface area contributed by atoms with E-state index >= 15 is 0 Å². The van der Waals surface area contributed by atoms with Crippen LogP contribution < -0.4 is 0 Å². The largest absolute Gasteiger partial charge is 2.00 e. The zero-order valence-corrected chi connectivity index (χ0v) is 3.40. The predicted molar refractivity (Wildman–Crippen MR) is 13.4 cm³/mol. The summed E-state index contributed by atoms with van der Waals surface area (Å²) in [5.74, 6) is 0. The van der Waals surface area contributed by atoms with Crippen molar-refractivity contribution in [2.24, 2.45) is 0 Å². The van der Waals surface area contributed by atoms with Gasteiger partial charge in [0.15, 0.2) is 0 Å². The van der Waals surface area contributed by atoms with Crippen molar-refractivity contribution in [2.45, 2.75) is 0 Å². The molecule has 0 aromatic rings. The fraction of sp³-hybridized carbons (Fsp3) is 0. The Bertz CT molecular complexity index is 29.9. The Balaban J connectivity index is 0. The zero-order valence-electron chi connectivity index (χ0n) is 2.25. The molecule has 26 valence electrons. The first-order chi connectivity index (χ1) is 1.73. The third-order valence-electron chi connectivity index (χ3n) is 0. The second-order valence-corrected chi connectivity index (χ2v) is 0.707. The molecule has 0 N–H and O–H groups in total. The van der Waals surface area contributed by atoms with Crippen molar-refractivity contribution in [3.8, 4) is 0 Å². The van der Waals surface area contributed by atoms with Crippen molar-refractivity contribution in [1.82, 2.24) is 0 Å². The van der Waals surface area contributed by atoms with Crippen LogP contribution in [0.3, 0.4) is 0 Å². The van der Waals surface area contributed by atoms with Crippen molar-refractivity contribution in [3.05, 3.63) is 10.1 Å². The number of rotatable bonds is 0. The number of nitrogens with zero attached hydrogens (tertiary/aromatic N) is 1. The molecule has 0 spiro atoms. The molecule has 0 aliphatic rings.